The number of benzene rings is 1. The number of halogens is 3. The number of alkyl halides is 2. The summed E-state index contributed by atoms with van der Waals surface area (Å²) in [6.07, 6.45) is 5.92. The molecule has 3 heterocycles. The summed E-state index contributed by atoms with van der Waals surface area (Å²) in [6, 6.07) is 5.70. The van der Waals surface area contributed by atoms with E-state index in [1.807, 2.05) is 0 Å². The summed E-state index contributed by atoms with van der Waals surface area (Å²) in [7, 11) is 3.17. The fraction of sp³-hybridized carbons (Fsp3) is 0.190. The Morgan fingerprint density at radius 3 is 2.82 bits per heavy atom. The van der Waals surface area contributed by atoms with E-state index in [9.17, 15) is 18.4 Å². The Morgan fingerprint density at radius 1 is 1.29 bits per heavy atom. The predicted molar refractivity (Wildman–Crippen MR) is 119 cm³/mol. The van der Waals surface area contributed by atoms with E-state index < -0.39 is 12.5 Å². The largest absolute Gasteiger partial charge is 0.434 e. The lowest BCUT2D eigenvalue weighted by Gasteiger charge is -2.11. The van der Waals surface area contributed by atoms with Gasteiger partial charge in [-0.25, -0.2) is 9.50 Å². The number of fused-ring (bicyclic) bond motifs is 1. The van der Waals surface area contributed by atoms with Crippen LogP contribution < -0.4 is 10.1 Å². The van der Waals surface area contributed by atoms with Crippen molar-refractivity contribution < 1.29 is 23.1 Å². The molecule has 3 aromatic heterocycles. The molecule has 0 radical (unpaired) electrons. The fourth-order valence-corrected chi connectivity index (χ4v) is 3.31. The molecular formula is C21H18ClF2N7O3. The molecule has 4 rings (SSSR count). The van der Waals surface area contributed by atoms with Crippen LogP contribution in [-0.4, -0.2) is 61.8 Å². The second-order valence-corrected chi connectivity index (χ2v) is 7.73. The minimum atomic E-state index is -3.10. The molecule has 0 saturated heterocycles. The minimum absolute atomic E-state index is 0.0856. The number of carbonyl (C=O) groups is 2. The van der Waals surface area contributed by atoms with Crippen molar-refractivity contribution in [2.75, 3.05) is 19.4 Å². The summed E-state index contributed by atoms with van der Waals surface area (Å²) in [4.78, 5) is 30.8. The average molecular weight is 490 g/mol. The van der Waals surface area contributed by atoms with Crippen molar-refractivity contribution in [1.82, 2.24) is 29.3 Å². The first-order chi connectivity index (χ1) is 16.2. The van der Waals surface area contributed by atoms with Gasteiger partial charge in [0.25, 0.3) is 5.91 Å². The molecule has 4 aromatic rings. The van der Waals surface area contributed by atoms with Crippen LogP contribution in [0.15, 0.2) is 49.1 Å². The number of rotatable bonds is 7. The van der Waals surface area contributed by atoms with Gasteiger partial charge in [-0.3, -0.25) is 14.3 Å². The molecule has 0 atom stereocenters. The number of carbonyl (C=O) groups excluding carboxylic acids is 2. The van der Waals surface area contributed by atoms with Crippen LogP contribution in [0.2, 0.25) is 5.02 Å². The Labute approximate surface area is 196 Å². The molecule has 10 nitrogen and oxygen atoms in total. The SMILES string of the molecule is CN(C)C(=O)Cn1cc(NC(=O)c2cnn3cccnc23)c(-c2cc(Cl)ccc2OC(F)F)n1. The van der Waals surface area contributed by atoms with Crippen molar-refractivity contribution in [2.45, 2.75) is 13.2 Å². The van der Waals surface area contributed by atoms with E-state index in [1.165, 1.54) is 50.9 Å². The second kappa shape index (κ2) is 9.43. The Balaban J connectivity index is 1.77. The van der Waals surface area contributed by atoms with Gasteiger partial charge in [-0.05, 0) is 24.3 Å². The van der Waals surface area contributed by atoms with E-state index in [0.29, 0.717) is 5.65 Å². The zero-order valence-corrected chi connectivity index (χ0v) is 18.7. The fourth-order valence-electron chi connectivity index (χ4n) is 3.14. The monoisotopic (exact) mass is 489 g/mol. The standard InChI is InChI=1S/C21H18ClF2N7O3/c1-29(2)17(32)11-30-10-15(27-20(33)14-9-26-31-7-3-6-25-19(14)31)18(28-30)13-8-12(22)4-5-16(13)34-21(23)24/h3-10,21H,11H2,1-2H3,(H,27,33). The quantitative estimate of drug-likeness (QED) is 0.427. The Kier molecular flexibility index (Phi) is 6.41. The highest BCUT2D eigenvalue weighted by Crippen LogP contribution is 2.37. The molecule has 13 heteroatoms. The Bertz CT molecular complexity index is 1370. The number of hydrogen-bond acceptors (Lipinski definition) is 6. The highest BCUT2D eigenvalue weighted by molar-refractivity contribution is 6.31. The van der Waals surface area contributed by atoms with Gasteiger partial charge < -0.3 is 15.0 Å². The summed E-state index contributed by atoms with van der Waals surface area (Å²) < 4.78 is 33.4. The van der Waals surface area contributed by atoms with Crippen molar-refractivity contribution in [2.24, 2.45) is 0 Å². The number of aromatic nitrogens is 5. The summed E-state index contributed by atoms with van der Waals surface area (Å²) in [5.74, 6) is -1.03. The molecule has 1 aromatic carbocycles. The molecule has 0 aliphatic carbocycles. The summed E-state index contributed by atoms with van der Waals surface area (Å²) >= 11 is 6.10. The molecule has 176 valence electrons. The van der Waals surface area contributed by atoms with Gasteiger partial charge in [0, 0.05) is 43.3 Å². The number of nitrogens with zero attached hydrogens (tertiary/aromatic N) is 6. The van der Waals surface area contributed by atoms with Gasteiger partial charge in [0.1, 0.15) is 23.6 Å². The van der Waals surface area contributed by atoms with Crippen molar-refractivity contribution in [1.29, 1.82) is 0 Å². The maximum atomic E-state index is 13.0. The van der Waals surface area contributed by atoms with Crippen LogP contribution in [0.25, 0.3) is 16.9 Å². The molecule has 2 amide bonds. The van der Waals surface area contributed by atoms with E-state index in [0.717, 1.165) is 0 Å². The molecule has 34 heavy (non-hydrogen) atoms. The number of nitrogens with one attached hydrogen (secondary N) is 1. The van der Waals surface area contributed by atoms with Crippen LogP contribution in [0, 0.1) is 0 Å². The van der Waals surface area contributed by atoms with Crippen molar-refractivity contribution in [3.8, 4) is 17.0 Å². The molecule has 0 bridgehead atoms. The molecule has 0 spiro atoms. The molecule has 0 aliphatic rings. The smallest absolute Gasteiger partial charge is 0.387 e. The summed E-state index contributed by atoms with van der Waals surface area (Å²) in [5, 5.41) is 11.4. The molecule has 0 aliphatic heterocycles. The van der Waals surface area contributed by atoms with E-state index in [2.05, 4.69) is 25.2 Å². The minimum Gasteiger partial charge on any atom is -0.434 e. The number of anilines is 1. The van der Waals surface area contributed by atoms with Gasteiger partial charge in [-0.1, -0.05) is 11.6 Å². The third-order valence-corrected chi connectivity index (χ3v) is 4.98. The van der Waals surface area contributed by atoms with Crippen molar-refractivity contribution in [3.05, 3.63) is 59.6 Å². The van der Waals surface area contributed by atoms with E-state index in [1.54, 1.807) is 26.4 Å². The van der Waals surface area contributed by atoms with Gasteiger partial charge in [-0.2, -0.15) is 19.0 Å². The topological polar surface area (TPSA) is 107 Å². The van der Waals surface area contributed by atoms with Crippen LogP contribution in [0.3, 0.4) is 0 Å². The molecule has 1 N–H and O–H groups in total. The van der Waals surface area contributed by atoms with E-state index >= 15 is 0 Å². The number of likely N-dealkylation sites (N-methyl/N-ethyl adjacent to an activating group) is 1. The predicted octanol–water partition coefficient (Wildman–Crippen LogP) is 3.19. The van der Waals surface area contributed by atoms with Crippen LogP contribution in [0.1, 0.15) is 10.4 Å². The van der Waals surface area contributed by atoms with Gasteiger partial charge in [0.15, 0.2) is 5.65 Å². The number of ether oxygens (including phenoxy) is 1. The zero-order chi connectivity index (χ0) is 24.4. The first-order valence-corrected chi connectivity index (χ1v) is 10.2. The highest BCUT2D eigenvalue weighted by Gasteiger charge is 2.22. The van der Waals surface area contributed by atoms with Gasteiger partial charge in [0.05, 0.1) is 11.9 Å². The summed E-state index contributed by atoms with van der Waals surface area (Å²) in [6.45, 7) is -3.25. The molecular weight excluding hydrogens is 472 g/mol. The lowest BCUT2D eigenvalue weighted by atomic mass is 10.1. The average Bonchev–Trinajstić information content (AvgIpc) is 3.38. The number of hydrogen-bond donors (Lipinski definition) is 1. The third kappa shape index (κ3) is 4.81. The third-order valence-electron chi connectivity index (χ3n) is 4.74. The van der Waals surface area contributed by atoms with E-state index in [-0.39, 0.29) is 45.7 Å². The highest BCUT2D eigenvalue weighted by atomic mass is 35.5. The lowest BCUT2D eigenvalue weighted by Crippen LogP contribution is -2.26. The van der Waals surface area contributed by atoms with Crippen molar-refractivity contribution >= 4 is 34.7 Å². The number of amides is 2. The van der Waals surface area contributed by atoms with Crippen LogP contribution in [0.5, 0.6) is 5.75 Å². The second-order valence-electron chi connectivity index (χ2n) is 7.30. The van der Waals surface area contributed by atoms with Crippen LogP contribution in [-0.2, 0) is 11.3 Å². The lowest BCUT2D eigenvalue weighted by molar-refractivity contribution is -0.129. The van der Waals surface area contributed by atoms with Gasteiger partial charge in [0.2, 0.25) is 5.91 Å². The van der Waals surface area contributed by atoms with Crippen LogP contribution in [0.4, 0.5) is 14.5 Å². The molecule has 0 saturated carbocycles. The van der Waals surface area contributed by atoms with Crippen molar-refractivity contribution in [3.63, 3.8) is 0 Å². The Hall–Kier alpha value is -4.06. The summed E-state index contributed by atoms with van der Waals surface area (Å²) in [5.41, 5.74) is 0.841. The zero-order valence-electron chi connectivity index (χ0n) is 17.9. The van der Waals surface area contributed by atoms with E-state index in [4.69, 9.17) is 11.6 Å². The van der Waals surface area contributed by atoms with Gasteiger partial charge >= 0.3 is 6.61 Å². The maximum Gasteiger partial charge on any atom is 0.387 e. The first kappa shape index (κ1) is 23.1. The van der Waals surface area contributed by atoms with Crippen LogP contribution >= 0.6 is 11.6 Å². The van der Waals surface area contributed by atoms with Gasteiger partial charge in [-0.15, -0.1) is 0 Å². The molecule has 0 fully saturated rings. The normalized spacial score (nSPS) is 11.1. The Morgan fingerprint density at radius 2 is 2.09 bits per heavy atom. The molecule has 0 unspecified atom stereocenters. The maximum absolute atomic E-state index is 13.0. The first-order valence-electron chi connectivity index (χ1n) is 9.85.